The minimum absolute atomic E-state index is 0.143. The lowest BCUT2D eigenvalue weighted by Gasteiger charge is -2.09. The van der Waals surface area contributed by atoms with Crippen LogP contribution in [0.5, 0.6) is 0 Å². The van der Waals surface area contributed by atoms with Crippen LogP contribution in [-0.4, -0.2) is 22.9 Å². The van der Waals surface area contributed by atoms with Gasteiger partial charge in [-0.05, 0) is 6.92 Å². The molecule has 0 aliphatic carbocycles. The third kappa shape index (κ3) is 3.36. The molecule has 2 atom stereocenters. The van der Waals surface area contributed by atoms with Gasteiger partial charge in [-0.25, -0.2) is 9.59 Å². The van der Waals surface area contributed by atoms with E-state index in [-0.39, 0.29) is 5.56 Å². The Labute approximate surface area is 103 Å². The number of nitro groups is 1. The number of carbonyl (C=O) groups excluding carboxylic acids is 2. The van der Waals surface area contributed by atoms with Crippen molar-refractivity contribution in [2.24, 2.45) is 5.73 Å². The van der Waals surface area contributed by atoms with Crippen LogP contribution in [0.1, 0.15) is 18.5 Å². The predicted molar refractivity (Wildman–Crippen MR) is 60.9 cm³/mol. The van der Waals surface area contributed by atoms with E-state index in [1.54, 1.807) is 18.2 Å². The van der Waals surface area contributed by atoms with Gasteiger partial charge < -0.3 is 10.5 Å². The maximum absolute atomic E-state index is 11.6. The second-order valence-electron chi connectivity index (χ2n) is 3.63. The van der Waals surface area contributed by atoms with E-state index in [0.717, 1.165) is 0 Å². The summed E-state index contributed by atoms with van der Waals surface area (Å²) in [5, 5.41) is 10.9. The van der Waals surface area contributed by atoms with Crippen molar-refractivity contribution >= 4 is 11.9 Å². The minimum Gasteiger partial charge on any atom is -0.387 e. The summed E-state index contributed by atoms with van der Waals surface area (Å²) >= 11 is 0. The van der Waals surface area contributed by atoms with Gasteiger partial charge in [-0.3, -0.25) is 10.1 Å². The minimum atomic E-state index is -1.73. The van der Waals surface area contributed by atoms with Gasteiger partial charge in [-0.15, -0.1) is 0 Å². The van der Waals surface area contributed by atoms with Crippen LogP contribution in [0.2, 0.25) is 0 Å². The zero-order valence-corrected chi connectivity index (χ0v) is 9.61. The normalized spacial score (nSPS) is 13.4. The molecule has 0 aliphatic heterocycles. The highest BCUT2D eigenvalue weighted by Gasteiger charge is 2.35. The number of benzene rings is 1. The molecule has 18 heavy (non-hydrogen) atoms. The summed E-state index contributed by atoms with van der Waals surface area (Å²) in [6.07, 6.45) is 0. The van der Waals surface area contributed by atoms with Crippen LogP contribution in [-0.2, 0) is 14.3 Å². The van der Waals surface area contributed by atoms with Gasteiger partial charge in [-0.2, -0.15) is 0 Å². The number of ether oxygens (including phenoxy) is 1. The van der Waals surface area contributed by atoms with Crippen LogP contribution in [0.25, 0.3) is 0 Å². The predicted octanol–water partition coefficient (Wildman–Crippen LogP) is 0.421. The summed E-state index contributed by atoms with van der Waals surface area (Å²) in [6.45, 7) is 1.32. The van der Waals surface area contributed by atoms with E-state index in [1.165, 1.54) is 19.1 Å². The second-order valence-corrected chi connectivity index (χ2v) is 3.63. The van der Waals surface area contributed by atoms with Crippen LogP contribution in [0, 0.1) is 10.1 Å². The monoisotopic (exact) mass is 252 g/mol. The molecule has 0 radical (unpaired) electrons. The Morgan fingerprint density at radius 2 is 1.83 bits per heavy atom. The summed E-state index contributed by atoms with van der Waals surface area (Å²) < 4.78 is 4.35. The first-order valence-electron chi connectivity index (χ1n) is 5.13. The lowest BCUT2D eigenvalue weighted by atomic mass is 10.1. The molecule has 0 bridgehead atoms. The average Bonchev–Trinajstić information content (AvgIpc) is 2.29. The molecule has 0 spiro atoms. The molecule has 96 valence electrons. The van der Waals surface area contributed by atoms with Crippen molar-refractivity contribution in [1.29, 1.82) is 0 Å². The highest BCUT2D eigenvalue weighted by atomic mass is 16.6. The van der Waals surface area contributed by atoms with Gasteiger partial charge in [0.25, 0.3) is 0 Å². The topological polar surface area (TPSA) is 113 Å². The van der Waals surface area contributed by atoms with Gasteiger partial charge in [0.15, 0.2) is 0 Å². The van der Waals surface area contributed by atoms with E-state index in [2.05, 4.69) is 4.74 Å². The first kappa shape index (κ1) is 13.8. The highest BCUT2D eigenvalue weighted by molar-refractivity contribution is 5.90. The lowest BCUT2D eigenvalue weighted by Crippen LogP contribution is -2.34. The second kappa shape index (κ2) is 5.87. The quantitative estimate of drug-likeness (QED) is 0.359. The molecule has 0 heterocycles. The smallest absolute Gasteiger partial charge is 0.387 e. The maximum atomic E-state index is 11.6. The van der Waals surface area contributed by atoms with Gasteiger partial charge in [0.1, 0.15) is 6.04 Å². The van der Waals surface area contributed by atoms with Crippen molar-refractivity contribution < 1.29 is 19.2 Å². The zero-order valence-electron chi connectivity index (χ0n) is 9.61. The van der Waals surface area contributed by atoms with Gasteiger partial charge in [0.2, 0.25) is 0 Å². The fraction of sp³-hybridized carbons (Fsp3) is 0.273. The molecule has 7 heteroatoms. The van der Waals surface area contributed by atoms with E-state index < -0.39 is 28.9 Å². The Bertz CT molecular complexity index is 458. The number of esters is 2. The number of rotatable bonds is 4. The van der Waals surface area contributed by atoms with Crippen molar-refractivity contribution in [3.05, 3.63) is 46.0 Å². The number of hydrogen-bond donors (Lipinski definition) is 1. The Morgan fingerprint density at radius 1 is 1.28 bits per heavy atom. The summed E-state index contributed by atoms with van der Waals surface area (Å²) in [4.78, 5) is 32.7. The molecule has 1 rings (SSSR count). The van der Waals surface area contributed by atoms with Crippen molar-refractivity contribution in [2.75, 3.05) is 0 Å². The van der Waals surface area contributed by atoms with Crippen LogP contribution in [0.4, 0.5) is 0 Å². The first-order valence-corrected chi connectivity index (χ1v) is 5.13. The Morgan fingerprint density at radius 3 is 2.28 bits per heavy atom. The lowest BCUT2D eigenvalue weighted by molar-refractivity contribution is -0.516. The summed E-state index contributed by atoms with van der Waals surface area (Å²) in [7, 11) is 0. The van der Waals surface area contributed by atoms with Crippen LogP contribution in [0.15, 0.2) is 30.3 Å². The zero-order chi connectivity index (χ0) is 13.7. The van der Waals surface area contributed by atoms with Crippen molar-refractivity contribution in [1.82, 2.24) is 0 Å². The molecule has 2 N–H and O–H groups in total. The van der Waals surface area contributed by atoms with E-state index >= 15 is 0 Å². The molecule has 0 fully saturated rings. The first-order chi connectivity index (χ1) is 8.43. The Hall–Kier alpha value is -2.28. The fourth-order valence-electron chi connectivity index (χ4n) is 1.23. The molecular formula is C11H12N2O5. The molecule has 1 unspecified atom stereocenters. The molecule has 1 aromatic carbocycles. The maximum Gasteiger partial charge on any atom is 0.394 e. The van der Waals surface area contributed by atoms with E-state index in [4.69, 9.17) is 5.73 Å². The molecule has 0 amide bonds. The summed E-state index contributed by atoms with van der Waals surface area (Å²) in [5.41, 5.74) is 5.35. The third-order valence-electron chi connectivity index (χ3n) is 2.12. The Balaban J connectivity index is 2.91. The molecular weight excluding hydrogens is 240 g/mol. The van der Waals surface area contributed by atoms with Crippen molar-refractivity contribution in [3.63, 3.8) is 0 Å². The SMILES string of the molecule is C[C@H](N)C(=O)OC(=O)C(c1ccccc1)[N+](=O)[O-]. The van der Waals surface area contributed by atoms with Crippen molar-refractivity contribution in [3.8, 4) is 0 Å². The standard InChI is InChI=1S/C11H12N2O5/c1-7(12)10(14)18-11(15)9(13(16)17)8-5-3-2-4-6-8/h2-7,9H,12H2,1H3/t7-,9?/m0/s1. The Kier molecular flexibility index (Phi) is 4.50. The average molecular weight is 252 g/mol. The molecule has 0 aromatic heterocycles. The summed E-state index contributed by atoms with van der Waals surface area (Å²) in [6, 6.07) is 4.82. The molecule has 0 saturated carbocycles. The molecule has 0 saturated heterocycles. The van der Waals surface area contributed by atoms with Gasteiger partial charge in [-0.1, -0.05) is 30.3 Å². The number of hydrogen-bond acceptors (Lipinski definition) is 6. The van der Waals surface area contributed by atoms with Gasteiger partial charge in [0.05, 0.1) is 0 Å². The van der Waals surface area contributed by atoms with Crippen molar-refractivity contribution in [2.45, 2.75) is 19.0 Å². The summed E-state index contributed by atoms with van der Waals surface area (Å²) in [5.74, 6) is -2.24. The number of carbonyl (C=O) groups is 2. The number of nitrogens with zero attached hydrogens (tertiary/aromatic N) is 1. The largest absolute Gasteiger partial charge is 0.394 e. The fourth-order valence-corrected chi connectivity index (χ4v) is 1.23. The van der Waals surface area contributed by atoms with Crippen LogP contribution >= 0.6 is 0 Å². The molecule has 0 aliphatic rings. The van der Waals surface area contributed by atoms with Crippen LogP contribution in [0.3, 0.4) is 0 Å². The number of nitrogens with two attached hydrogens (primary N) is 1. The van der Waals surface area contributed by atoms with Gasteiger partial charge in [0, 0.05) is 10.5 Å². The third-order valence-corrected chi connectivity index (χ3v) is 2.12. The molecule has 1 aromatic rings. The van der Waals surface area contributed by atoms with Crippen LogP contribution < -0.4 is 5.73 Å². The van der Waals surface area contributed by atoms with Gasteiger partial charge >= 0.3 is 18.0 Å². The molecule has 7 nitrogen and oxygen atoms in total. The van der Waals surface area contributed by atoms with E-state index in [1.807, 2.05) is 0 Å². The van der Waals surface area contributed by atoms with E-state index in [0.29, 0.717) is 0 Å². The highest BCUT2D eigenvalue weighted by Crippen LogP contribution is 2.18. The van der Waals surface area contributed by atoms with E-state index in [9.17, 15) is 19.7 Å².